The second kappa shape index (κ2) is 5.73. The van der Waals surface area contributed by atoms with Crippen molar-refractivity contribution in [3.63, 3.8) is 0 Å². The van der Waals surface area contributed by atoms with E-state index in [1.54, 1.807) is 30.3 Å². The molecule has 0 saturated heterocycles. The molecular formula is C12H10ClNO3S2. The van der Waals surface area contributed by atoms with Crippen molar-refractivity contribution in [3.05, 3.63) is 52.9 Å². The average molecular weight is 316 g/mol. The monoisotopic (exact) mass is 315 g/mol. The fourth-order valence-corrected chi connectivity index (χ4v) is 3.51. The Hall–Kier alpha value is -1.37. The van der Waals surface area contributed by atoms with Gasteiger partial charge in [-0.25, -0.2) is 8.42 Å². The fraction of sp³-hybridized carbons (Fsp3) is 0.0833. The van der Waals surface area contributed by atoms with Crippen molar-refractivity contribution in [2.75, 3.05) is 0 Å². The summed E-state index contributed by atoms with van der Waals surface area (Å²) in [6.07, 6.45) is 0. The highest BCUT2D eigenvalue weighted by atomic mass is 35.7. The van der Waals surface area contributed by atoms with Gasteiger partial charge in [-0.3, -0.25) is 4.79 Å². The van der Waals surface area contributed by atoms with Crippen molar-refractivity contribution in [1.82, 2.24) is 5.32 Å². The van der Waals surface area contributed by atoms with Crippen molar-refractivity contribution in [1.29, 1.82) is 0 Å². The number of hydrogen-bond acceptors (Lipinski definition) is 4. The van der Waals surface area contributed by atoms with Crippen LogP contribution in [0.5, 0.6) is 0 Å². The number of halogens is 1. The minimum Gasteiger partial charge on any atom is -0.347 e. The number of rotatable bonds is 4. The maximum absolute atomic E-state index is 11.8. The van der Waals surface area contributed by atoms with Crippen molar-refractivity contribution < 1.29 is 13.2 Å². The molecule has 100 valence electrons. The van der Waals surface area contributed by atoms with Crippen LogP contribution in [0.25, 0.3) is 0 Å². The van der Waals surface area contributed by atoms with Crippen molar-refractivity contribution in [2.45, 2.75) is 10.8 Å². The Morgan fingerprint density at radius 1 is 1.16 bits per heavy atom. The molecule has 0 aliphatic rings. The van der Waals surface area contributed by atoms with Crippen LogP contribution in [-0.4, -0.2) is 14.3 Å². The van der Waals surface area contributed by atoms with Crippen LogP contribution in [0, 0.1) is 0 Å². The van der Waals surface area contributed by atoms with Crippen LogP contribution in [0.4, 0.5) is 0 Å². The van der Waals surface area contributed by atoms with E-state index >= 15 is 0 Å². The van der Waals surface area contributed by atoms with Gasteiger partial charge in [-0.2, -0.15) is 0 Å². The highest BCUT2D eigenvalue weighted by Crippen LogP contribution is 2.24. The first-order valence-electron chi connectivity index (χ1n) is 5.33. The van der Waals surface area contributed by atoms with E-state index in [2.05, 4.69) is 5.32 Å². The van der Waals surface area contributed by atoms with Gasteiger partial charge in [-0.15, -0.1) is 11.3 Å². The molecule has 0 radical (unpaired) electrons. The molecule has 0 aliphatic carbocycles. The summed E-state index contributed by atoms with van der Waals surface area (Å²) in [5.74, 6) is -0.204. The summed E-state index contributed by atoms with van der Waals surface area (Å²) < 4.78 is 22.3. The number of carbonyl (C=O) groups excluding carboxylic acids is 1. The van der Waals surface area contributed by atoms with Crippen LogP contribution >= 0.6 is 22.0 Å². The van der Waals surface area contributed by atoms with Gasteiger partial charge in [0.25, 0.3) is 15.0 Å². The summed E-state index contributed by atoms with van der Waals surface area (Å²) in [4.78, 5) is 12.5. The third-order valence-electron chi connectivity index (χ3n) is 2.34. The molecule has 1 aromatic carbocycles. The Labute approximate surface area is 119 Å². The Bertz CT molecular complexity index is 680. The van der Waals surface area contributed by atoms with Gasteiger partial charge in [0.05, 0.1) is 6.54 Å². The number of carbonyl (C=O) groups is 1. The zero-order valence-electron chi connectivity index (χ0n) is 9.67. The predicted octanol–water partition coefficient (Wildman–Crippen LogP) is 2.61. The lowest BCUT2D eigenvalue weighted by Crippen LogP contribution is -2.22. The third kappa shape index (κ3) is 3.79. The molecule has 2 rings (SSSR count). The van der Waals surface area contributed by atoms with Crippen LogP contribution in [0.3, 0.4) is 0 Å². The molecule has 0 spiro atoms. The zero-order chi connectivity index (χ0) is 13.9. The lowest BCUT2D eigenvalue weighted by Gasteiger charge is -2.02. The third-order valence-corrected chi connectivity index (χ3v) is 5.51. The van der Waals surface area contributed by atoms with Crippen molar-refractivity contribution in [3.8, 4) is 0 Å². The molecule has 7 heteroatoms. The minimum atomic E-state index is -3.69. The van der Waals surface area contributed by atoms with E-state index in [0.717, 1.165) is 16.2 Å². The summed E-state index contributed by atoms with van der Waals surface area (Å²) in [5.41, 5.74) is 0.559. The van der Waals surface area contributed by atoms with Crippen LogP contribution in [-0.2, 0) is 15.6 Å². The van der Waals surface area contributed by atoms with Gasteiger partial charge in [0.15, 0.2) is 0 Å². The molecule has 0 fully saturated rings. The van der Waals surface area contributed by atoms with E-state index in [9.17, 15) is 13.2 Å². The average Bonchev–Trinajstić information content (AvgIpc) is 2.86. The first kappa shape index (κ1) is 14.0. The Morgan fingerprint density at radius 3 is 2.42 bits per heavy atom. The van der Waals surface area contributed by atoms with Crippen molar-refractivity contribution in [2.24, 2.45) is 0 Å². The van der Waals surface area contributed by atoms with Gasteiger partial charge >= 0.3 is 0 Å². The van der Waals surface area contributed by atoms with E-state index in [0.29, 0.717) is 5.56 Å². The lowest BCUT2D eigenvalue weighted by molar-refractivity contribution is 0.0951. The number of hydrogen-bond donors (Lipinski definition) is 1. The molecule has 1 heterocycles. The smallest absolute Gasteiger partial charge is 0.270 e. The van der Waals surface area contributed by atoms with Gasteiger partial charge in [0.2, 0.25) is 0 Å². The van der Waals surface area contributed by atoms with E-state index in [4.69, 9.17) is 10.7 Å². The highest BCUT2D eigenvalue weighted by molar-refractivity contribution is 8.15. The number of nitrogens with one attached hydrogen (secondary N) is 1. The van der Waals surface area contributed by atoms with Crippen LogP contribution < -0.4 is 5.32 Å². The van der Waals surface area contributed by atoms with E-state index in [1.165, 1.54) is 6.07 Å². The SMILES string of the molecule is O=C(NCc1ccc(S(=O)(=O)Cl)s1)c1ccccc1. The first-order valence-corrected chi connectivity index (χ1v) is 8.46. The molecule has 19 heavy (non-hydrogen) atoms. The molecule has 0 unspecified atom stereocenters. The Kier molecular flexibility index (Phi) is 4.24. The number of thiophene rings is 1. The first-order chi connectivity index (χ1) is 8.97. The molecule has 0 saturated carbocycles. The summed E-state index contributed by atoms with van der Waals surface area (Å²) >= 11 is 1.04. The maximum Gasteiger partial charge on any atom is 0.270 e. The molecule has 0 bridgehead atoms. The van der Waals surface area contributed by atoms with Crippen LogP contribution in [0.2, 0.25) is 0 Å². The van der Waals surface area contributed by atoms with E-state index < -0.39 is 9.05 Å². The number of amides is 1. The molecule has 0 aliphatic heterocycles. The molecule has 2 aromatic rings. The summed E-state index contributed by atoms with van der Waals surface area (Å²) in [7, 11) is 1.53. The van der Waals surface area contributed by atoms with Gasteiger partial charge in [-0.1, -0.05) is 18.2 Å². The molecular weight excluding hydrogens is 306 g/mol. The summed E-state index contributed by atoms with van der Waals surface area (Å²) in [6.45, 7) is 0.269. The number of benzene rings is 1. The Balaban J connectivity index is 2.00. The minimum absolute atomic E-state index is 0.0816. The van der Waals surface area contributed by atoms with E-state index in [1.807, 2.05) is 6.07 Å². The zero-order valence-corrected chi connectivity index (χ0v) is 12.1. The molecule has 1 N–H and O–H groups in total. The molecule has 1 aromatic heterocycles. The largest absolute Gasteiger partial charge is 0.347 e. The molecule has 0 atom stereocenters. The topological polar surface area (TPSA) is 63.2 Å². The quantitative estimate of drug-likeness (QED) is 0.882. The molecule has 4 nitrogen and oxygen atoms in total. The predicted molar refractivity (Wildman–Crippen MR) is 75.0 cm³/mol. The van der Waals surface area contributed by atoms with Gasteiger partial charge < -0.3 is 5.32 Å². The van der Waals surface area contributed by atoms with Gasteiger partial charge in [0, 0.05) is 21.1 Å². The van der Waals surface area contributed by atoms with Crippen LogP contribution in [0.1, 0.15) is 15.2 Å². The summed E-state index contributed by atoms with van der Waals surface area (Å²) in [6, 6.07) is 11.9. The fourth-order valence-electron chi connectivity index (χ4n) is 1.44. The van der Waals surface area contributed by atoms with Gasteiger partial charge in [-0.05, 0) is 24.3 Å². The van der Waals surface area contributed by atoms with Gasteiger partial charge in [0.1, 0.15) is 4.21 Å². The van der Waals surface area contributed by atoms with E-state index in [-0.39, 0.29) is 16.7 Å². The van der Waals surface area contributed by atoms with Crippen molar-refractivity contribution >= 4 is 37.0 Å². The van der Waals surface area contributed by atoms with Crippen LogP contribution in [0.15, 0.2) is 46.7 Å². The second-order valence-corrected chi connectivity index (χ2v) is 7.67. The maximum atomic E-state index is 11.8. The molecule has 1 amide bonds. The standard InChI is InChI=1S/C12H10ClNO3S2/c13-19(16,17)11-7-6-10(18-11)8-14-12(15)9-4-2-1-3-5-9/h1-7H,8H2,(H,14,15). The summed E-state index contributed by atoms with van der Waals surface area (Å²) in [5, 5.41) is 2.71. The Morgan fingerprint density at radius 2 is 1.84 bits per heavy atom. The second-order valence-electron chi connectivity index (χ2n) is 3.71. The highest BCUT2D eigenvalue weighted by Gasteiger charge is 2.13. The normalized spacial score (nSPS) is 11.2. The lowest BCUT2D eigenvalue weighted by atomic mass is 10.2.